The molecule has 26 heavy (non-hydrogen) atoms. The molecule has 0 aliphatic heterocycles. The van der Waals surface area contributed by atoms with E-state index in [1.165, 1.54) is 0 Å². The average Bonchev–Trinajstić information content (AvgIpc) is 3.22. The van der Waals surface area contributed by atoms with Gasteiger partial charge in [0.1, 0.15) is 11.8 Å². The van der Waals surface area contributed by atoms with Gasteiger partial charge in [-0.25, -0.2) is 4.98 Å². The molecule has 0 spiro atoms. The first-order chi connectivity index (χ1) is 12.6. The Labute approximate surface area is 149 Å². The number of hydrogen-bond donors (Lipinski definition) is 0. The minimum absolute atomic E-state index is 0.0443. The number of rotatable bonds is 4. The molecule has 1 saturated carbocycles. The van der Waals surface area contributed by atoms with Crippen LogP contribution in [0.5, 0.6) is 0 Å². The highest BCUT2D eigenvalue weighted by Gasteiger charge is 2.30. The van der Waals surface area contributed by atoms with Crippen molar-refractivity contribution in [1.82, 2.24) is 24.1 Å². The summed E-state index contributed by atoms with van der Waals surface area (Å²) in [4.78, 5) is 22.2. The van der Waals surface area contributed by atoms with Gasteiger partial charge in [0.05, 0.1) is 23.1 Å². The molecular weight excluding hydrogens is 330 g/mol. The van der Waals surface area contributed by atoms with Gasteiger partial charge in [-0.2, -0.15) is 4.98 Å². The Morgan fingerprint density at radius 1 is 1.23 bits per heavy atom. The number of imidazole rings is 1. The maximum atomic E-state index is 13.2. The maximum Gasteiger partial charge on any atom is 0.277 e. The van der Waals surface area contributed by atoms with Crippen LogP contribution >= 0.6 is 0 Å². The predicted octanol–water partition coefficient (Wildman–Crippen LogP) is 3.08. The first kappa shape index (κ1) is 15.3. The van der Waals surface area contributed by atoms with Crippen LogP contribution in [0.3, 0.4) is 0 Å². The lowest BCUT2D eigenvalue weighted by atomic mass is 10.2. The zero-order valence-electron chi connectivity index (χ0n) is 14.7. The number of benzene rings is 1. The first-order valence-electron chi connectivity index (χ1n) is 8.95. The van der Waals surface area contributed by atoms with E-state index < -0.39 is 0 Å². The van der Waals surface area contributed by atoms with Gasteiger partial charge >= 0.3 is 0 Å². The summed E-state index contributed by atoms with van der Waals surface area (Å²) in [7, 11) is 0. The second-order valence-corrected chi connectivity index (χ2v) is 7.17. The normalized spacial score (nSPS) is 14.7. The first-order valence-corrected chi connectivity index (χ1v) is 8.95. The zero-order chi connectivity index (χ0) is 17.8. The molecule has 7 heteroatoms. The van der Waals surface area contributed by atoms with Crippen molar-refractivity contribution in [1.29, 1.82) is 0 Å². The topological polar surface area (TPSA) is 78.2 Å². The van der Waals surface area contributed by atoms with Gasteiger partial charge in [-0.15, -0.1) is 0 Å². The minimum Gasteiger partial charge on any atom is -0.339 e. The SMILES string of the molecule is CC(C)n1c(=O)c2c(Cc3noc(C4CC4)n3)ncn2c2ccccc21. The molecule has 0 bridgehead atoms. The predicted molar refractivity (Wildman–Crippen MR) is 96.4 cm³/mol. The minimum atomic E-state index is -0.0443. The third kappa shape index (κ3) is 2.27. The highest BCUT2D eigenvalue weighted by molar-refractivity contribution is 5.79. The maximum absolute atomic E-state index is 13.2. The van der Waals surface area contributed by atoms with Crippen LogP contribution in [0.15, 0.2) is 39.9 Å². The molecule has 0 atom stereocenters. The van der Waals surface area contributed by atoms with Crippen LogP contribution < -0.4 is 5.56 Å². The second kappa shape index (κ2) is 5.52. The largest absolute Gasteiger partial charge is 0.339 e. The smallest absolute Gasteiger partial charge is 0.277 e. The van der Waals surface area contributed by atoms with E-state index in [9.17, 15) is 4.79 Å². The Hall–Kier alpha value is -2.96. The third-order valence-electron chi connectivity index (χ3n) is 4.92. The summed E-state index contributed by atoms with van der Waals surface area (Å²) in [5.41, 5.74) is 3.08. The van der Waals surface area contributed by atoms with Crippen LogP contribution in [0.4, 0.5) is 0 Å². The van der Waals surface area contributed by atoms with Gasteiger partial charge in [-0.05, 0) is 38.8 Å². The molecule has 0 N–H and O–H groups in total. The van der Waals surface area contributed by atoms with Gasteiger partial charge in [0.25, 0.3) is 5.56 Å². The molecule has 1 aromatic carbocycles. The van der Waals surface area contributed by atoms with Crippen molar-refractivity contribution in [3.63, 3.8) is 0 Å². The van der Waals surface area contributed by atoms with E-state index in [1.807, 2.05) is 47.1 Å². The van der Waals surface area contributed by atoms with Crippen LogP contribution in [-0.4, -0.2) is 24.1 Å². The van der Waals surface area contributed by atoms with Crippen molar-refractivity contribution in [2.45, 2.75) is 45.1 Å². The molecule has 0 radical (unpaired) electrons. The van der Waals surface area contributed by atoms with E-state index in [-0.39, 0.29) is 11.6 Å². The lowest BCUT2D eigenvalue weighted by Gasteiger charge is -2.15. The summed E-state index contributed by atoms with van der Waals surface area (Å²) in [5, 5.41) is 4.06. The molecule has 1 fully saturated rings. The molecule has 4 aromatic rings. The van der Waals surface area contributed by atoms with Crippen molar-refractivity contribution < 1.29 is 4.52 Å². The van der Waals surface area contributed by atoms with Crippen LogP contribution in [0.1, 0.15) is 56.1 Å². The van der Waals surface area contributed by atoms with E-state index in [4.69, 9.17) is 4.52 Å². The number of fused-ring (bicyclic) bond motifs is 3. The van der Waals surface area contributed by atoms with Crippen molar-refractivity contribution in [2.75, 3.05) is 0 Å². The molecular formula is C19H19N5O2. The highest BCUT2D eigenvalue weighted by atomic mass is 16.5. The number of aromatic nitrogens is 5. The highest BCUT2D eigenvalue weighted by Crippen LogP contribution is 2.38. The molecule has 1 aliphatic carbocycles. The van der Waals surface area contributed by atoms with Crippen molar-refractivity contribution in [2.24, 2.45) is 0 Å². The molecule has 7 nitrogen and oxygen atoms in total. The summed E-state index contributed by atoms with van der Waals surface area (Å²) >= 11 is 0. The fourth-order valence-corrected chi connectivity index (χ4v) is 3.52. The molecule has 0 amide bonds. The Morgan fingerprint density at radius 3 is 2.73 bits per heavy atom. The third-order valence-corrected chi connectivity index (χ3v) is 4.92. The quantitative estimate of drug-likeness (QED) is 0.566. The summed E-state index contributed by atoms with van der Waals surface area (Å²) in [6, 6.07) is 7.94. The summed E-state index contributed by atoms with van der Waals surface area (Å²) in [5.74, 6) is 1.70. The van der Waals surface area contributed by atoms with Crippen LogP contribution in [-0.2, 0) is 6.42 Å². The number of para-hydroxylation sites is 2. The van der Waals surface area contributed by atoms with Gasteiger partial charge in [0.2, 0.25) is 5.89 Å². The van der Waals surface area contributed by atoms with Gasteiger partial charge in [0.15, 0.2) is 5.82 Å². The fraction of sp³-hybridized carbons (Fsp3) is 0.368. The standard InChI is InChI=1S/C19H19N5O2/c1-11(2)24-15-6-4-3-5-14(15)23-10-20-13(17(23)19(24)25)9-16-21-18(26-22-16)12-7-8-12/h3-6,10-12H,7-9H2,1-2H3. The molecule has 5 rings (SSSR count). The van der Waals surface area contributed by atoms with Gasteiger partial charge in [-0.3, -0.25) is 9.20 Å². The van der Waals surface area contributed by atoms with Crippen molar-refractivity contribution >= 4 is 16.6 Å². The fourth-order valence-electron chi connectivity index (χ4n) is 3.52. The molecule has 1 aliphatic rings. The van der Waals surface area contributed by atoms with Crippen LogP contribution in [0.25, 0.3) is 16.6 Å². The van der Waals surface area contributed by atoms with E-state index >= 15 is 0 Å². The van der Waals surface area contributed by atoms with Crippen LogP contribution in [0, 0.1) is 0 Å². The summed E-state index contributed by atoms with van der Waals surface area (Å²) in [6.07, 6.45) is 4.32. The van der Waals surface area contributed by atoms with E-state index in [1.54, 1.807) is 6.33 Å². The Balaban J connectivity index is 1.70. The Morgan fingerprint density at radius 2 is 2.00 bits per heavy atom. The molecule has 0 unspecified atom stereocenters. The number of hydrogen-bond acceptors (Lipinski definition) is 5. The van der Waals surface area contributed by atoms with Gasteiger partial charge in [-0.1, -0.05) is 17.3 Å². The van der Waals surface area contributed by atoms with Gasteiger partial charge < -0.3 is 9.09 Å². The monoisotopic (exact) mass is 349 g/mol. The second-order valence-electron chi connectivity index (χ2n) is 7.17. The van der Waals surface area contributed by atoms with E-state index in [0.717, 1.165) is 23.9 Å². The van der Waals surface area contributed by atoms with E-state index in [2.05, 4.69) is 15.1 Å². The lowest BCUT2D eigenvalue weighted by Crippen LogP contribution is -2.25. The molecule has 0 saturated heterocycles. The summed E-state index contributed by atoms with van der Waals surface area (Å²) < 4.78 is 9.02. The average molecular weight is 349 g/mol. The zero-order valence-corrected chi connectivity index (χ0v) is 14.7. The number of nitrogens with zero attached hydrogens (tertiary/aromatic N) is 5. The van der Waals surface area contributed by atoms with Crippen molar-refractivity contribution in [3.05, 3.63) is 58.4 Å². The Bertz CT molecular complexity index is 1180. The Kier molecular flexibility index (Phi) is 3.25. The summed E-state index contributed by atoms with van der Waals surface area (Å²) in [6.45, 7) is 4.03. The lowest BCUT2D eigenvalue weighted by molar-refractivity contribution is 0.375. The van der Waals surface area contributed by atoms with Gasteiger partial charge in [0, 0.05) is 12.0 Å². The molecule has 132 valence electrons. The molecule has 3 heterocycles. The van der Waals surface area contributed by atoms with E-state index in [0.29, 0.717) is 35.3 Å². The molecule has 3 aromatic heterocycles. The van der Waals surface area contributed by atoms with Crippen molar-refractivity contribution in [3.8, 4) is 0 Å². The van der Waals surface area contributed by atoms with Crippen LogP contribution in [0.2, 0.25) is 0 Å².